The average molecular weight is 252 g/mol. The summed E-state index contributed by atoms with van der Waals surface area (Å²) in [7, 11) is 0. The van der Waals surface area contributed by atoms with Crippen molar-refractivity contribution in [3.63, 3.8) is 0 Å². The van der Waals surface area contributed by atoms with Gasteiger partial charge in [-0.1, -0.05) is 13.8 Å². The Morgan fingerprint density at radius 3 is 3.17 bits per heavy atom. The molecule has 1 atom stereocenters. The summed E-state index contributed by atoms with van der Waals surface area (Å²) in [5.41, 5.74) is 0. The first-order chi connectivity index (χ1) is 8.66. The molecule has 0 aromatic carbocycles. The highest BCUT2D eigenvalue weighted by Gasteiger charge is 2.22. The first kappa shape index (κ1) is 13.2. The molecule has 6 heteroatoms. The van der Waals surface area contributed by atoms with Gasteiger partial charge >= 0.3 is 0 Å². The predicted octanol–water partition coefficient (Wildman–Crippen LogP) is 0.0341. The van der Waals surface area contributed by atoms with Crippen LogP contribution < -0.4 is 5.32 Å². The maximum atomic E-state index is 12.1. The molecule has 1 aromatic heterocycles. The number of hydrogen-bond acceptors (Lipinski definition) is 5. The summed E-state index contributed by atoms with van der Waals surface area (Å²) in [6, 6.07) is -0.206. The Labute approximate surface area is 107 Å². The van der Waals surface area contributed by atoms with Gasteiger partial charge in [0.05, 0.1) is 25.7 Å². The molecule has 0 spiro atoms. The van der Waals surface area contributed by atoms with E-state index in [4.69, 9.17) is 4.74 Å². The van der Waals surface area contributed by atoms with Crippen molar-refractivity contribution in [2.45, 2.75) is 32.9 Å². The van der Waals surface area contributed by atoms with Gasteiger partial charge in [-0.2, -0.15) is 5.10 Å². The van der Waals surface area contributed by atoms with Gasteiger partial charge in [-0.25, -0.2) is 9.67 Å². The van der Waals surface area contributed by atoms with Crippen molar-refractivity contribution in [2.75, 3.05) is 19.8 Å². The van der Waals surface area contributed by atoms with Gasteiger partial charge in [0.25, 0.3) is 0 Å². The van der Waals surface area contributed by atoms with Crippen molar-refractivity contribution in [1.82, 2.24) is 20.1 Å². The van der Waals surface area contributed by atoms with Crippen LogP contribution in [0, 0.1) is 5.92 Å². The fraction of sp³-hybridized carbons (Fsp3) is 0.750. The summed E-state index contributed by atoms with van der Waals surface area (Å²) < 4.78 is 7.10. The largest absolute Gasteiger partial charge is 0.378 e. The zero-order valence-electron chi connectivity index (χ0n) is 10.9. The molecule has 1 unspecified atom stereocenters. The SMILES string of the molecule is CC(C)Cn1ncnc1CC(=O)C1COCCN1. The monoisotopic (exact) mass is 252 g/mol. The second-order valence-corrected chi connectivity index (χ2v) is 4.98. The van der Waals surface area contributed by atoms with Gasteiger partial charge in [0.2, 0.25) is 0 Å². The van der Waals surface area contributed by atoms with Gasteiger partial charge in [0.1, 0.15) is 12.2 Å². The molecule has 2 heterocycles. The molecule has 2 rings (SSSR count). The number of carbonyl (C=O) groups is 1. The molecule has 0 amide bonds. The van der Waals surface area contributed by atoms with Crippen molar-refractivity contribution in [1.29, 1.82) is 0 Å². The lowest BCUT2D eigenvalue weighted by Crippen LogP contribution is -2.47. The number of morpholine rings is 1. The van der Waals surface area contributed by atoms with Crippen LogP contribution in [0.5, 0.6) is 0 Å². The van der Waals surface area contributed by atoms with Crippen LogP contribution in [0.3, 0.4) is 0 Å². The van der Waals surface area contributed by atoms with E-state index >= 15 is 0 Å². The lowest BCUT2D eigenvalue weighted by atomic mass is 10.1. The van der Waals surface area contributed by atoms with E-state index in [0.29, 0.717) is 25.6 Å². The van der Waals surface area contributed by atoms with E-state index in [0.717, 1.165) is 18.9 Å². The number of ether oxygens (including phenoxy) is 1. The van der Waals surface area contributed by atoms with E-state index in [1.165, 1.54) is 6.33 Å². The molecule has 6 nitrogen and oxygen atoms in total. The maximum absolute atomic E-state index is 12.1. The highest BCUT2D eigenvalue weighted by molar-refractivity contribution is 5.85. The molecule has 1 aliphatic heterocycles. The van der Waals surface area contributed by atoms with Gasteiger partial charge in [-0.05, 0) is 5.92 Å². The van der Waals surface area contributed by atoms with Crippen LogP contribution in [0.15, 0.2) is 6.33 Å². The third-order valence-corrected chi connectivity index (χ3v) is 2.88. The molecule has 1 saturated heterocycles. The Morgan fingerprint density at radius 2 is 2.50 bits per heavy atom. The standard InChI is InChI=1S/C12H20N4O2/c1-9(2)6-16-12(14-8-15-16)5-11(17)10-7-18-4-3-13-10/h8-10,13H,3-7H2,1-2H3. The fourth-order valence-corrected chi connectivity index (χ4v) is 1.97. The molecule has 0 aliphatic carbocycles. The van der Waals surface area contributed by atoms with Gasteiger partial charge < -0.3 is 10.1 Å². The number of nitrogens with one attached hydrogen (secondary N) is 1. The van der Waals surface area contributed by atoms with Gasteiger partial charge in [0.15, 0.2) is 5.78 Å². The smallest absolute Gasteiger partial charge is 0.159 e. The lowest BCUT2D eigenvalue weighted by Gasteiger charge is -2.22. The Bertz CT molecular complexity index is 397. The third kappa shape index (κ3) is 3.36. The minimum atomic E-state index is -0.206. The zero-order valence-corrected chi connectivity index (χ0v) is 10.9. The molecular weight excluding hydrogens is 232 g/mol. The molecule has 0 radical (unpaired) electrons. The summed E-state index contributed by atoms with van der Waals surface area (Å²) in [6.45, 7) is 6.88. The normalized spacial score (nSPS) is 20.3. The first-order valence-corrected chi connectivity index (χ1v) is 6.37. The second-order valence-electron chi connectivity index (χ2n) is 4.98. The molecule has 100 valence electrons. The Kier molecular flexibility index (Phi) is 4.43. The van der Waals surface area contributed by atoms with Gasteiger partial charge in [-0.3, -0.25) is 4.79 Å². The van der Waals surface area contributed by atoms with Crippen LogP contribution in [-0.4, -0.2) is 46.3 Å². The Hall–Kier alpha value is -1.27. The highest BCUT2D eigenvalue weighted by atomic mass is 16.5. The second kappa shape index (κ2) is 6.06. The van der Waals surface area contributed by atoms with Gasteiger partial charge in [0, 0.05) is 13.1 Å². The van der Waals surface area contributed by atoms with Crippen molar-refractivity contribution in [2.24, 2.45) is 5.92 Å². The number of nitrogens with zero attached hydrogens (tertiary/aromatic N) is 3. The number of Topliss-reactive ketones (excluding diaryl/α,β-unsaturated/α-hetero) is 1. The Balaban J connectivity index is 1.95. The fourth-order valence-electron chi connectivity index (χ4n) is 1.97. The number of rotatable bonds is 5. The molecular formula is C12H20N4O2. The van der Waals surface area contributed by atoms with Crippen molar-refractivity contribution >= 4 is 5.78 Å². The van der Waals surface area contributed by atoms with Crippen LogP contribution >= 0.6 is 0 Å². The summed E-state index contributed by atoms with van der Waals surface area (Å²) in [6.07, 6.45) is 1.82. The van der Waals surface area contributed by atoms with E-state index in [1.807, 2.05) is 4.68 Å². The molecule has 0 saturated carbocycles. The number of carbonyl (C=O) groups excluding carboxylic acids is 1. The molecule has 18 heavy (non-hydrogen) atoms. The van der Waals surface area contributed by atoms with Crippen LogP contribution in [0.25, 0.3) is 0 Å². The van der Waals surface area contributed by atoms with Crippen LogP contribution in [-0.2, 0) is 22.5 Å². The van der Waals surface area contributed by atoms with Crippen LogP contribution in [0.4, 0.5) is 0 Å². The molecule has 1 aromatic rings. The topological polar surface area (TPSA) is 69.0 Å². The summed E-state index contributed by atoms with van der Waals surface area (Å²) in [5.74, 6) is 1.34. The van der Waals surface area contributed by atoms with Crippen LogP contribution in [0.2, 0.25) is 0 Å². The molecule has 1 N–H and O–H groups in total. The molecule has 0 bridgehead atoms. The highest BCUT2D eigenvalue weighted by Crippen LogP contribution is 2.05. The van der Waals surface area contributed by atoms with E-state index in [1.54, 1.807) is 0 Å². The van der Waals surface area contributed by atoms with Crippen molar-refractivity contribution in [3.8, 4) is 0 Å². The molecule has 1 fully saturated rings. The lowest BCUT2D eigenvalue weighted by molar-refractivity contribution is -0.123. The summed E-state index contributed by atoms with van der Waals surface area (Å²) >= 11 is 0. The number of ketones is 1. The van der Waals surface area contributed by atoms with Crippen molar-refractivity contribution < 1.29 is 9.53 Å². The Morgan fingerprint density at radius 1 is 1.67 bits per heavy atom. The average Bonchev–Trinajstić information content (AvgIpc) is 2.77. The van der Waals surface area contributed by atoms with E-state index < -0.39 is 0 Å². The summed E-state index contributed by atoms with van der Waals surface area (Å²) in [4.78, 5) is 16.2. The third-order valence-electron chi connectivity index (χ3n) is 2.88. The minimum absolute atomic E-state index is 0.118. The van der Waals surface area contributed by atoms with Gasteiger partial charge in [-0.15, -0.1) is 0 Å². The summed E-state index contributed by atoms with van der Waals surface area (Å²) in [5, 5.41) is 7.32. The quantitative estimate of drug-likeness (QED) is 0.801. The predicted molar refractivity (Wildman–Crippen MR) is 66.2 cm³/mol. The van der Waals surface area contributed by atoms with E-state index in [9.17, 15) is 4.79 Å². The maximum Gasteiger partial charge on any atom is 0.159 e. The minimum Gasteiger partial charge on any atom is -0.378 e. The first-order valence-electron chi connectivity index (χ1n) is 6.37. The molecule has 1 aliphatic rings. The number of hydrogen-bond donors (Lipinski definition) is 1. The van der Waals surface area contributed by atoms with E-state index in [-0.39, 0.29) is 11.8 Å². The zero-order chi connectivity index (χ0) is 13.0. The number of aromatic nitrogens is 3. The van der Waals surface area contributed by atoms with E-state index in [2.05, 4.69) is 29.2 Å². The van der Waals surface area contributed by atoms with Crippen molar-refractivity contribution in [3.05, 3.63) is 12.2 Å². The van der Waals surface area contributed by atoms with Crippen LogP contribution in [0.1, 0.15) is 19.7 Å².